The van der Waals surface area contributed by atoms with Crippen LogP contribution in [0.4, 0.5) is 0 Å². The highest BCUT2D eigenvalue weighted by atomic mass is 32.2. The second-order valence-corrected chi connectivity index (χ2v) is 5.73. The molecule has 0 aliphatic carbocycles. The highest BCUT2D eigenvalue weighted by Gasteiger charge is 2.19. The minimum Gasteiger partial charge on any atom is -0.507 e. The monoisotopic (exact) mass is 334 g/mol. The van der Waals surface area contributed by atoms with Crippen LogP contribution < -0.4 is 4.74 Å². The number of aromatic hydroxyl groups is 1. The fourth-order valence-corrected chi connectivity index (χ4v) is 2.79. The Hall–Kier alpha value is -2.18. The third-order valence-corrected chi connectivity index (χ3v) is 4.19. The Morgan fingerprint density at radius 3 is 2.61 bits per heavy atom. The van der Waals surface area contributed by atoms with Crippen LogP contribution in [-0.4, -0.2) is 36.3 Å². The number of aromatic carboxylic acids is 1. The highest BCUT2D eigenvalue weighted by Crippen LogP contribution is 2.41. The van der Waals surface area contributed by atoms with Gasteiger partial charge >= 0.3 is 5.97 Å². The van der Waals surface area contributed by atoms with Crippen molar-refractivity contribution in [2.24, 2.45) is 0 Å². The van der Waals surface area contributed by atoms with E-state index in [-0.39, 0.29) is 18.1 Å². The summed E-state index contributed by atoms with van der Waals surface area (Å²) in [5.41, 5.74) is 1.71. The molecule has 0 aliphatic heterocycles. The number of ether oxygens (including phenoxy) is 2. The second-order valence-electron chi connectivity index (χ2n) is 4.85. The van der Waals surface area contributed by atoms with Crippen LogP contribution in [0.3, 0.4) is 0 Å². The second kappa shape index (κ2) is 7.39. The zero-order valence-electron chi connectivity index (χ0n) is 13.1. The molecular formula is C17H18O5S. The number of benzene rings is 2. The van der Waals surface area contributed by atoms with E-state index in [4.69, 9.17) is 9.47 Å². The van der Waals surface area contributed by atoms with E-state index in [1.807, 2.05) is 18.4 Å². The van der Waals surface area contributed by atoms with Crippen LogP contribution in [0.2, 0.25) is 0 Å². The summed E-state index contributed by atoms with van der Waals surface area (Å²) in [5.74, 6) is -0.511. The Labute approximate surface area is 138 Å². The molecule has 122 valence electrons. The van der Waals surface area contributed by atoms with Gasteiger partial charge in [-0.2, -0.15) is 0 Å². The summed E-state index contributed by atoms with van der Waals surface area (Å²) in [6, 6.07) is 8.32. The van der Waals surface area contributed by atoms with E-state index in [1.165, 1.54) is 19.2 Å². The van der Waals surface area contributed by atoms with Gasteiger partial charge in [-0.3, -0.25) is 0 Å². The summed E-state index contributed by atoms with van der Waals surface area (Å²) >= 11 is 1.55. The van der Waals surface area contributed by atoms with Crippen LogP contribution >= 0.6 is 11.8 Å². The first-order valence-corrected chi connectivity index (χ1v) is 8.08. The number of methoxy groups -OCH3 is 1. The van der Waals surface area contributed by atoms with Crippen molar-refractivity contribution < 1.29 is 24.5 Å². The van der Waals surface area contributed by atoms with E-state index >= 15 is 0 Å². The van der Waals surface area contributed by atoms with Gasteiger partial charge in [-0.25, -0.2) is 4.79 Å². The molecule has 0 aliphatic rings. The maximum absolute atomic E-state index is 11.4. The summed E-state index contributed by atoms with van der Waals surface area (Å²) < 4.78 is 10.5. The third kappa shape index (κ3) is 3.60. The topological polar surface area (TPSA) is 76.0 Å². The smallest absolute Gasteiger partial charge is 0.335 e. The standard InChI is InChI=1S/C17H18O5S/c1-10-12(17(19)20)5-6-14(18)16(10)13-8-11(23-3)4-7-15(13)22-9-21-2/h4-8,18H,9H2,1-3H3,(H,19,20). The van der Waals surface area contributed by atoms with Gasteiger partial charge < -0.3 is 19.7 Å². The van der Waals surface area contributed by atoms with Crippen LogP contribution in [0.5, 0.6) is 11.5 Å². The van der Waals surface area contributed by atoms with Gasteiger partial charge in [0.25, 0.3) is 0 Å². The van der Waals surface area contributed by atoms with Gasteiger partial charge in [0.2, 0.25) is 0 Å². The number of hydrogen-bond acceptors (Lipinski definition) is 5. The number of carbonyl (C=O) groups is 1. The minimum atomic E-state index is -1.04. The van der Waals surface area contributed by atoms with Crippen molar-refractivity contribution in [3.05, 3.63) is 41.5 Å². The van der Waals surface area contributed by atoms with Crippen molar-refractivity contribution in [3.8, 4) is 22.6 Å². The maximum Gasteiger partial charge on any atom is 0.335 e. The van der Waals surface area contributed by atoms with Crippen LogP contribution in [0.25, 0.3) is 11.1 Å². The van der Waals surface area contributed by atoms with Crippen LogP contribution in [0.15, 0.2) is 35.2 Å². The molecule has 2 aromatic rings. The molecule has 5 nitrogen and oxygen atoms in total. The van der Waals surface area contributed by atoms with Gasteiger partial charge in [0.1, 0.15) is 11.5 Å². The fourth-order valence-electron chi connectivity index (χ4n) is 2.35. The molecule has 0 bridgehead atoms. The Balaban J connectivity index is 2.68. The zero-order valence-corrected chi connectivity index (χ0v) is 13.9. The quantitative estimate of drug-likeness (QED) is 0.619. The average molecular weight is 334 g/mol. The van der Waals surface area contributed by atoms with Crippen molar-refractivity contribution in [1.29, 1.82) is 0 Å². The largest absolute Gasteiger partial charge is 0.507 e. The lowest BCUT2D eigenvalue weighted by molar-refractivity contribution is 0.0515. The summed E-state index contributed by atoms with van der Waals surface area (Å²) in [7, 11) is 1.52. The van der Waals surface area contributed by atoms with Gasteiger partial charge in [0, 0.05) is 23.1 Å². The van der Waals surface area contributed by atoms with Gasteiger partial charge in [-0.15, -0.1) is 11.8 Å². The molecule has 0 unspecified atom stereocenters. The van der Waals surface area contributed by atoms with Crippen LogP contribution in [0.1, 0.15) is 15.9 Å². The average Bonchev–Trinajstić information content (AvgIpc) is 2.53. The molecule has 0 atom stereocenters. The maximum atomic E-state index is 11.4. The summed E-state index contributed by atoms with van der Waals surface area (Å²) in [4.78, 5) is 12.3. The van der Waals surface area contributed by atoms with Crippen molar-refractivity contribution in [2.75, 3.05) is 20.2 Å². The minimum absolute atomic E-state index is 0.00743. The molecule has 2 rings (SSSR count). The number of thioether (sulfide) groups is 1. The van der Waals surface area contributed by atoms with Gasteiger partial charge in [0.15, 0.2) is 6.79 Å². The van der Waals surface area contributed by atoms with Gasteiger partial charge in [-0.1, -0.05) is 0 Å². The molecular weight excluding hydrogens is 316 g/mol. The lowest BCUT2D eigenvalue weighted by Gasteiger charge is -2.16. The van der Waals surface area contributed by atoms with E-state index < -0.39 is 5.97 Å². The fraction of sp³-hybridized carbons (Fsp3) is 0.235. The Bertz CT molecular complexity index is 727. The van der Waals surface area contributed by atoms with Gasteiger partial charge in [-0.05, 0) is 49.1 Å². The summed E-state index contributed by atoms with van der Waals surface area (Å²) in [6.07, 6.45) is 1.94. The molecule has 0 saturated heterocycles. The van der Waals surface area contributed by atoms with E-state index in [1.54, 1.807) is 24.8 Å². The summed E-state index contributed by atoms with van der Waals surface area (Å²) in [6.45, 7) is 1.73. The molecule has 2 aromatic carbocycles. The molecule has 23 heavy (non-hydrogen) atoms. The van der Waals surface area contributed by atoms with Gasteiger partial charge in [0.05, 0.1) is 5.56 Å². The normalized spacial score (nSPS) is 10.6. The highest BCUT2D eigenvalue weighted by molar-refractivity contribution is 7.98. The molecule has 0 radical (unpaired) electrons. The Kier molecular flexibility index (Phi) is 5.52. The van der Waals surface area contributed by atoms with Crippen LogP contribution in [0, 0.1) is 6.92 Å². The molecule has 6 heteroatoms. The number of rotatable bonds is 6. The summed E-state index contributed by atoms with van der Waals surface area (Å²) in [5, 5.41) is 19.6. The van der Waals surface area contributed by atoms with Crippen molar-refractivity contribution in [1.82, 2.24) is 0 Å². The molecule has 0 amide bonds. The predicted molar refractivity (Wildman–Crippen MR) is 89.5 cm³/mol. The number of carboxylic acid groups (broad SMARTS) is 1. The SMILES string of the molecule is COCOc1ccc(SC)cc1-c1c(O)ccc(C(=O)O)c1C. The molecule has 0 fully saturated rings. The first-order valence-electron chi connectivity index (χ1n) is 6.85. The van der Waals surface area contributed by atoms with E-state index in [9.17, 15) is 15.0 Å². The Morgan fingerprint density at radius 2 is 2.00 bits per heavy atom. The number of phenolic OH excluding ortho intramolecular Hbond substituents is 1. The predicted octanol–water partition coefficient (Wildman–Crippen LogP) is 3.77. The van der Waals surface area contributed by atoms with E-state index in [2.05, 4.69) is 0 Å². The number of carboxylic acids is 1. The lowest BCUT2D eigenvalue weighted by Crippen LogP contribution is -2.03. The van der Waals surface area contributed by atoms with Crippen molar-refractivity contribution >= 4 is 17.7 Å². The van der Waals surface area contributed by atoms with Crippen LogP contribution in [-0.2, 0) is 4.74 Å². The first kappa shape index (κ1) is 17.2. The first-order chi connectivity index (χ1) is 11.0. The molecule has 2 N–H and O–H groups in total. The lowest BCUT2D eigenvalue weighted by atomic mass is 9.94. The molecule has 0 aromatic heterocycles. The van der Waals surface area contributed by atoms with Crippen molar-refractivity contribution in [2.45, 2.75) is 11.8 Å². The molecule has 0 saturated carbocycles. The zero-order chi connectivity index (χ0) is 17.0. The van der Waals surface area contributed by atoms with E-state index in [0.717, 1.165) is 4.90 Å². The Morgan fingerprint density at radius 1 is 1.26 bits per heavy atom. The molecule has 0 spiro atoms. The third-order valence-electron chi connectivity index (χ3n) is 3.46. The van der Waals surface area contributed by atoms with Crippen molar-refractivity contribution in [3.63, 3.8) is 0 Å². The molecule has 0 heterocycles. The number of phenols is 1. The number of hydrogen-bond donors (Lipinski definition) is 2. The van der Waals surface area contributed by atoms with E-state index in [0.29, 0.717) is 22.4 Å².